The van der Waals surface area contributed by atoms with Crippen molar-refractivity contribution in [3.8, 4) is 5.75 Å². The van der Waals surface area contributed by atoms with Crippen molar-refractivity contribution in [3.63, 3.8) is 0 Å². The molecule has 0 amide bonds. The van der Waals surface area contributed by atoms with E-state index in [1.165, 1.54) is 31.8 Å². The van der Waals surface area contributed by atoms with Gasteiger partial charge in [-0.25, -0.2) is 9.37 Å². The lowest BCUT2D eigenvalue weighted by atomic mass is 10.2. The van der Waals surface area contributed by atoms with E-state index in [4.69, 9.17) is 16.3 Å². The first kappa shape index (κ1) is 15.0. The van der Waals surface area contributed by atoms with E-state index in [1.54, 1.807) is 6.07 Å². The van der Waals surface area contributed by atoms with Gasteiger partial charge in [0, 0.05) is 36.2 Å². The highest BCUT2D eigenvalue weighted by molar-refractivity contribution is 8.00. The number of fused-ring (bicyclic) bond motifs is 1. The highest BCUT2D eigenvalue weighted by Crippen LogP contribution is 2.31. The second kappa shape index (κ2) is 6.44. The molecule has 1 fully saturated rings. The third kappa shape index (κ3) is 2.99. The van der Waals surface area contributed by atoms with Gasteiger partial charge in [-0.05, 0) is 18.6 Å². The van der Waals surface area contributed by atoms with Crippen LogP contribution in [0.3, 0.4) is 0 Å². The Hall–Kier alpha value is -0.940. The number of ether oxygens (including phenoxy) is 1. The minimum absolute atomic E-state index is 0.264. The fourth-order valence-corrected chi connectivity index (χ4v) is 4.23. The molecule has 2 heterocycles. The van der Waals surface area contributed by atoms with Gasteiger partial charge < -0.3 is 9.30 Å². The molecule has 1 aromatic heterocycles. The average Bonchev–Trinajstić information content (AvgIpc) is 3.08. The number of aryl methyl sites for hydroxylation is 1. The Morgan fingerprint density at radius 1 is 1.52 bits per heavy atom. The molecule has 3 nitrogen and oxygen atoms in total. The Morgan fingerprint density at radius 3 is 3.05 bits per heavy atom. The monoisotopic (exact) mass is 328 g/mol. The fraction of sp³-hybridized carbons (Fsp3) is 0.533. The normalized spacial score (nSPS) is 18.5. The van der Waals surface area contributed by atoms with Crippen LogP contribution in [0, 0.1) is 5.82 Å². The molecule has 1 aromatic carbocycles. The average molecular weight is 329 g/mol. The van der Waals surface area contributed by atoms with Gasteiger partial charge in [0.2, 0.25) is 0 Å². The maximum atomic E-state index is 13.8. The number of rotatable bonds is 5. The number of hydrogen-bond acceptors (Lipinski definition) is 3. The number of hydrogen-bond donors (Lipinski definition) is 0. The number of nitrogens with zero attached hydrogens (tertiary/aromatic N) is 2. The molecule has 1 saturated heterocycles. The van der Waals surface area contributed by atoms with E-state index >= 15 is 0 Å². The van der Waals surface area contributed by atoms with E-state index < -0.39 is 0 Å². The van der Waals surface area contributed by atoms with Crippen LogP contribution in [0.15, 0.2) is 12.1 Å². The lowest BCUT2D eigenvalue weighted by molar-refractivity contribution is 0.387. The molecule has 2 aromatic rings. The summed E-state index contributed by atoms with van der Waals surface area (Å²) in [5, 5.41) is 0.604. The molecule has 3 rings (SSSR count). The Kier molecular flexibility index (Phi) is 4.60. The van der Waals surface area contributed by atoms with Gasteiger partial charge in [-0.1, -0.05) is 0 Å². The number of thioether (sulfide) groups is 1. The first-order valence-electron chi connectivity index (χ1n) is 7.13. The van der Waals surface area contributed by atoms with Crippen LogP contribution in [0.5, 0.6) is 5.75 Å². The SMILES string of the molecule is COc1cc2c(cc1F)nc(CCCl)n2CC1CCCS1. The smallest absolute Gasteiger partial charge is 0.167 e. The predicted molar refractivity (Wildman–Crippen MR) is 86.1 cm³/mol. The van der Waals surface area contributed by atoms with Crippen LogP contribution < -0.4 is 4.74 Å². The molecular weight excluding hydrogens is 311 g/mol. The molecule has 0 aliphatic carbocycles. The minimum Gasteiger partial charge on any atom is -0.494 e. The van der Waals surface area contributed by atoms with E-state index in [1.807, 2.05) is 11.8 Å². The molecule has 114 valence electrons. The van der Waals surface area contributed by atoms with Gasteiger partial charge in [-0.2, -0.15) is 11.8 Å². The molecule has 1 atom stereocenters. The lowest BCUT2D eigenvalue weighted by Crippen LogP contribution is -2.13. The molecule has 0 N–H and O–H groups in total. The molecule has 1 unspecified atom stereocenters. The van der Waals surface area contributed by atoms with Gasteiger partial charge >= 0.3 is 0 Å². The van der Waals surface area contributed by atoms with Gasteiger partial charge in [0.1, 0.15) is 5.82 Å². The quantitative estimate of drug-likeness (QED) is 0.780. The fourth-order valence-electron chi connectivity index (χ4n) is 2.80. The van der Waals surface area contributed by atoms with Crippen LogP contribution in [-0.4, -0.2) is 33.5 Å². The number of halogens is 2. The van der Waals surface area contributed by atoms with E-state index in [2.05, 4.69) is 9.55 Å². The number of imidazole rings is 1. The summed E-state index contributed by atoms with van der Waals surface area (Å²) in [6, 6.07) is 3.19. The van der Waals surface area contributed by atoms with Crippen molar-refractivity contribution in [2.45, 2.75) is 31.1 Å². The van der Waals surface area contributed by atoms with E-state index in [0.717, 1.165) is 17.9 Å². The summed E-state index contributed by atoms with van der Waals surface area (Å²) in [7, 11) is 1.48. The Morgan fingerprint density at radius 2 is 2.38 bits per heavy atom. The Bertz CT molecular complexity index is 640. The van der Waals surface area contributed by atoms with E-state index in [9.17, 15) is 4.39 Å². The summed E-state index contributed by atoms with van der Waals surface area (Å²) in [6.45, 7) is 0.905. The van der Waals surface area contributed by atoms with Crippen LogP contribution >= 0.6 is 23.4 Å². The Balaban J connectivity index is 2.05. The van der Waals surface area contributed by atoms with Gasteiger partial charge in [-0.3, -0.25) is 0 Å². The third-order valence-electron chi connectivity index (χ3n) is 3.83. The second-order valence-corrected chi connectivity index (χ2v) is 6.97. The largest absolute Gasteiger partial charge is 0.494 e. The van der Waals surface area contributed by atoms with Gasteiger partial charge in [0.15, 0.2) is 11.6 Å². The first-order valence-corrected chi connectivity index (χ1v) is 8.71. The van der Waals surface area contributed by atoms with Crippen molar-refractivity contribution in [1.29, 1.82) is 0 Å². The molecule has 0 saturated carbocycles. The molecule has 1 aliphatic heterocycles. The summed E-state index contributed by atoms with van der Waals surface area (Å²) in [5.41, 5.74) is 1.61. The maximum absolute atomic E-state index is 13.8. The lowest BCUT2D eigenvalue weighted by Gasteiger charge is -2.13. The zero-order chi connectivity index (χ0) is 14.8. The van der Waals surface area contributed by atoms with Crippen LogP contribution in [-0.2, 0) is 13.0 Å². The number of benzene rings is 1. The van der Waals surface area contributed by atoms with Gasteiger partial charge in [-0.15, -0.1) is 11.6 Å². The maximum Gasteiger partial charge on any atom is 0.167 e. The van der Waals surface area contributed by atoms with Crippen molar-refractivity contribution in [2.75, 3.05) is 18.7 Å². The van der Waals surface area contributed by atoms with Crippen LogP contribution in [0.2, 0.25) is 0 Å². The van der Waals surface area contributed by atoms with E-state index in [0.29, 0.717) is 23.1 Å². The number of methoxy groups -OCH3 is 1. The summed E-state index contributed by atoms with van der Waals surface area (Å²) in [5.74, 6) is 2.56. The van der Waals surface area contributed by atoms with Crippen LogP contribution in [0.4, 0.5) is 4.39 Å². The molecule has 0 bridgehead atoms. The second-order valence-electron chi connectivity index (χ2n) is 5.19. The minimum atomic E-state index is -0.373. The third-order valence-corrected chi connectivity index (χ3v) is 5.40. The van der Waals surface area contributed by atoms with E-state index in [-0.39, 0.29) is 11.6 Å². The zero-order valence-corrected chi connectivity index (χ0v) is 13.5. The summed E-state index contributed by atoms with van der Waals surface area (Å²) in [6.07, 6.45) is 3.19. The van der Waals surface area contributed by atoms with Gasteiger partial charge in [0.25, 0.3) is 0 Å². The summed E-state index contributed by atoms with van der Waals surface area (Å²) < 4.78 is 21.1. The molecule has 6 heteroatoms. The van der Waals surface area contributed by atoms with Crippen molar-refractivity contribution < 1.29 is 9.13 Å². The van der Waals surface area contributed by atoms with Gasteiger partial charge in [0.05, 0.1) is 18.1 Å². The van der Waals surface area contributed by atoms with Crippen molar-refractivity contribution in [1.82, 2.24) is 9.55 Å². The molecule has 0 radical (unpaired) electrons. The zero-order valence-electron chi connectivity index (χ0n) is 11.9. The summed E-state index contributed by atoms with van der Waals surface area (Å²) in [4.78, 5) is 4.55. The van der Waals surface area contributed by atoms with Crippen LogP contribution in [0.25, 0.3) is 11.0 Å². The van der Waals surface area contributed by atoms with Crippen molar-refractivity contribution in [2.24, 2.45) is 0 Å². The molecule has 21 heavy (non-hydrogen) atoms. The standard InChI is InChI=1S/C15H18ClFN2OS/c1-20-14-8-13-12(7-11(14)17)18-15(4-5-16)19(13)9-10-3-2-6-21-10/h7-8,10H,2-6,9H2,1H3. The van der Waals surface area contributed by atoms with Crippen molar-refractivity contribution >= 4 is 34.4 Å². The molecule has 1 aliphatic rings. The van der Waals surface area contributed by atoms with Crippen LogP contribution in [0.1, 0.15) is 18.7 Å². The highest BCUT2D eigenvalue weighted by atomic mass is 35.5. The number of aromatic nitrogens is 2. The topological polar surface area (TPSA) is 27.1 Å². The summed E-state index contributed by atoms with van der Waals surface area (Å²) >= 11 is 7.89. The molecule has 0 spiro atoms. The van der Waals surface area contributed by atoms with Crippen molar-refractivity contribution in [3.05, 3.63) is 23.8 Å². The molecular formula is C15H18ClFN2OS. The highest BCUT2D eigenvalue weighted by Gasteiger charge is 2.20. The Labute approximate surface area is 132 Å². The predicted octanol–water partition coefficient (Wildman–Crippen LogP) is 3.86. The first-order chi connectivity index (χ1) is 10.2. The number of alkyl halides is 1.